The molecule has 2 amide bonds. The Hall–Kier alpha value is -1.30. The van der Waals surface area contributed by atoms with E-state index in [-0.39, 0.29) is 24.5 Å². The highest BCUT2D eigenvalue weighted by atomic mass is 16.5. The van der Waals surface area contributed by atoms with Crippen LogP contribution in [0.4, 0.5) is 4.79 Å². The number of urea groups is 1. The molecule has 0 bridgehead atoms. The Morgan fingerprint density at radius 2 is 1.90 bits per heavy atom. The van der Waals surface area contributed by atoms with Crippen molar-refractivity contribution in [3.05, 3.63) is 0 Å². The molecule has 1 atom stereocenters. The van der Waals surface area contributed by atoms with Crippen LogP contribution in [0.1, 0.15) is 39.0 Å². The Kier molecular flexibility index (Phi) is 5.45. The van der Waals surface area contributed by atoms with Gasteiger partial charge >= 0.3 is 12.0 Å². The molecular weight excluding hydrogens is 272 g/mol. The summed E-state index contributed by atoms with van der Waals surface area (Å²) >= 11 is 0. The quantitative estimate of drug-likeness (QED) is 0.704. The lowest BCUT2D eigenvalue weighted by atomic mass is 10.2. The van der Waals surface area contributed by atoms with E-state index in [9.17, 15) is 9.59 Å². The number of ether oxygens (including phenoxy) is 1. The van der Waals surface area contributed by atoms with Crippen molar-refractivity contribution in [2.45, 2.75) is 51.1 Å². The van der Waals surface area contributed by atoms with Crippen molar-refractivity contribution in [2.75, 3.05) is 26.8 Å². The second-order valence-corrected chi connectivity index (χ2v) is 6.12. The summed E-state index contributed by atoms with van der Waals surface area (Å²) in [5.41, 5.74) is 0. The zero-order valence-corrected chi connectivity index (χ0v) is 13.0. The van der Waals surface area contributed by atoms with E-state index in [2.05, 4.69) is 6.92 Å². The molecule has 2 fully saturated rings. The Balaban J connectivity index is 2.00. The van der Waals surface area contributed by atoms with Crippen LogP contribution in [-0.2, 0) is 9.53 Å². The molecule has 2 saturated carbocycles. The maximum absolute atomic E-state index is 12.8. The van der Waals surface area contributed by atoms with E-state index in [0.29, 0.717) is 25.6 Å². The maximum atomic E-state index is 12.8. The van der Waals surface area contributed by atoms with Crippen molar-refractivity contribution >= 4 is 12.0 Å². The molecule has 0 aromatic carbocycles. The minimum absolute atomic E-state index is 0.0121. The lowest BCUT2D eigenvalue weighted by Crippen LogP contribution is -2.50. The fourth-order valence-corrected chi connectivity index (χ4v) is 2.70. The van der Waals surface area contributed by atoms with Crippen LogP contribution in [0.25, 0.3) is 0 Å². The van der Waals surface area contributed by atoms with Gasteiger partial charge in [0.25, 0.3) is 0 Å². The Morgan fingerprint density at radius 3 is 2.38 bits per heavy atom. The van der Waals surface area contributed by atoms with Gasteiger partial charge in [-0.1, -0.05) is 0 Å². The molecule has 1 N–H and O–H groups in total. The summed E-state index contributed by atoms with van der Waals surface area (Å²) in [6, 6.07) is 0.419. The van der Waals surface area contributed by atoms with Gasteiger partial charge < -0.3 is 19.6 Å². The van der Waals surface area contributed by atoms with Crippen LogP contribution in [0.2, 0.25) is 0 Å². The average Bonchev–Trinajstić information content (AvgIpc) is 3.29. The smallest absolute Gasteiger partial charge is 0.320 e. The van der Waals surface area contributed by atoms with Gasteiger partial charge in [-0.25, -0.2) is 4.79 Å². The summed E-state index contributed by atoms with van der Waals surface area (Å²) in [6.45, 7) is 3.48. The number of carbonyl (C=O) groups excluding carboxylic acids is 1. The standard InChI is InChI=1S/C15H26N2O4/c1-11(12-3-4-12)16(9-10-21-2)15(20)17(13-5-6-13)8-7-14(18)19/h11-13H,3-10H2,1-2H3,(H,18,19). The molecule has 0 spiro atoms. The molecule has 21 heavy (non-hydrogen) atoms. The fourth-order valence-electron chi connectivity index (χ4n) is 2.70. The van der Waals surface area contributed by atoms with Crippen LogP contribution in [0.5, 0.6) is 0 Å². The van der Waals surface area contributed by atoms with Crippen LogP contribution >= 0.6 is 0 Å². The molecule has 2 aliphatic rings. The van der Waals surface area contributed by atoms with Gasteiger partial charge in [-0.2, -0.15) is 0 Å². The lowest BCUT2D eigenvalue weighted by Gasteiger charge is -2.34. The van der Waals surface area contributed by atoms with Gasteiger partial charge in [0.05, 0.1) is 13.0 Å². The van der Waals surface area contributed by atoms with E-state index < -0.39 is 5.97 Å². The van der Waals surface area contributed by atoms with Crippen LogP contribution in [0, 0.1) is 5.92 Å². The minimum Gasteiger partial charge on any atom is -0.481 e. The molecule has 6 heteroatoms. The highest BCUT2D eigenvalue weighted by molar-refractivity contribution is 5.76. The van der Waals surface area contributed by atoms with Crippen molar-refractivity contribution in [1.29, 1.82) is 0 Å². The monoisotopic (exact) mass is 298 g/mol. The van der Waals surface area contributed by atoms with Gasteiger partial charge in [0.2, 0.25) is 0 Å². The third-order valence-corrected chi connectivity index (χ3v) is 4.38. The molecule has 2 rings (SSSR count). The Morgan fingerprint density at radius 1 is 1.24 bits per heavy atom. The number of methoxy groups -OCH3 is 1. The molecule has 0 aromatic rings. The third kappa shape index (κ3) is 4.59. The number of hydrogen-bond donors (Lipinski definition) is 1. The number of hydrogen-bond acceptors (Lipinski definition) is 3. The molecule has 0 heterocycles. The Labute approximate surface area is 126 Å². The SMILES string of the molecule is COCCN(C(=O)N(CCC(=O)O)C1CC1)C(C)C1CC1. The number of carbonyl (C=O) groups is 2. The number of nitrogens with zero attached hydrogens (tertiary/aromatic N) is 2. The largest absolute Gasteiger partial charge is 0.481 e. The van der Waals surface area contributed by atoms with Crippen LogP contribution in [0.15, 0.2) is 0 Å². The molecule has 0 saturated heterocycles. The zero-order valence-electron chi connectivity index (χ0n) is 13.0. The van der Waals surface area contributed by atoms with E-state index in [1.54, 1.807) is 12.0 Å². The summed E-state index contributed by atoms with van der Waals surface area (Å²) in [5.74, 6) is -0.265. The van der Waals surface area contributed by atoms with Crippen molar-refractivity contribution in [2.24, 2.45) is 5.92 Å². The number of carboxylic acid groups (broad SMARTS) is 1. The molecular formula is C15H26N2O4. The molecule has 1 unspecified atom stereocenters. The van der Waals surface area contributed by atoms with Crippen LogP contribution in [-0.4, -0.2) is 65.8 Å². The highest BCUT2D eigenvalue weighted by Crippen LogP contribution is 2.36. The third-order valence-electron chi connectivity index (χ3n) is 4.38. The first-order valence-corrected chi connectivity index (χ1v) is 7.82. The maximum Gasteiger partial charge on any atom is 0.320 e. The second kappa shape index (κ2) is 7.11. The van der Waals surface area contributed by atoms with Gasteiger partial charge in [0.15, 0.2) is 0 Å². The summed E-state index contributed by atoms with van der Waals surface area (Å²) < 4.78 is 5.12. The van der Waals surface area contributed by atoms with Crippen LogP contribution in [0.3, 0.4) is 0 Å². The molecule has 0 radical (unpaired) electrons. The lowest BCUT2D eigenvalue weighted by molar-refractivity contribution is -0.137. The number of carboxylic acids is 1. The second-order valence-electron chi connectivity index (χ2n) is 6.12. The zero-order chi connectivity index (χ0) is 15.4. The first kappa shape index (κ1) is 16.1. The first-order valence-electron chi connectivity index (χ1n) is 7.82. The van der Waals surface area contributed by atoms with E-state index >= 15 is 0 Å². The van der Waals surface area contributed by atoms with Gasteiger partial charge in [-0.15, -0.1) is 0 Å². The molecule has 0 aromatic heterocycles. The number of rotatable bonds is 9. The predicted molar refractivity (Wildman–Crippen MR) is 78.1 cm³/mol. The predicted octanol–water partition coefficient (Wildman–Crippen LogP) is 1.79. The summed E-state index contributed by atoms with van der Waals surface area (Å²) in [6.07, 6.45) is 4.34. The van der Waals surface area contributed by atoms with Crippen molar-refractivity contribution in [3.63, 3.8) is 0 Å². The fraction of sp³-hybridized carbons (Fsp3) is 0.867. The minimum atomic E-state index is -0.855. The topological polar surface area (TPSA) is 70.1 Å². The Bertz CT molecular complexity index is 380. The first-order chi connectivity index (χ1) is 10.0. The summed E-state index contributed by atoms with van der Waals surface area (Å²) in [5, 5.41) is 8.86. The average molecular weight is 298 g/mol. The van der Waals surface area contributed by atoms with Gasteiger partial charge in [-0.05, 0) is 38.5 Å². The van der Waals surface area contributed by atoms with Crippen LogP contribution < -0.4 is 0 Å². The van der Waals surface area contributed by atoms with Gasteiger partial charge in [-0.3, -0.25) is 4.79 Å². The molecule has 6 nitrogen and oxygen atoms in total. The number of amides is 2. The number of aliphatic carboxylic acids is 1. The van der Waals surface area contributed by atoms with Gasteiger partial charge in [0, 0.05) is 32.3 Å². The van der Waals surface area contributed by atoms with E-state index in [4.69, 9.17) is 9.84 Å². The van der Waals surface area contributed by atoms with Crippen molar-refractivity contribution in [3.8, 4) is 0 Å². The highest BCUT2D eigenvalue weighted by Gasteiger charge is 2.39. The van der Waals surface area contributed by atoms with E-state index in [1.165, 1.54) is 12.8 Å². The van der Waals surface area contributed by atoms with E-state index in [1.807, 2.05) is 4.90 Å². The van der Waals surface area contributed by atoms with Crippen molar-refractivity contribution < 1.29 is 19.4 Å². The normalized spacial score (nSPS) is 19.1. The van der Waals surface area contributed by atoms with Crippen molar-refractivity contribution in [1.82, 2.24) is 9.80 Å². The summed E-state index contributed by atoms with van der Waals surface area (Å²) in [4.78, 5) is 27.2. The van der Waals surface area contributed by atoms with E-state index in [0.717, 1.165) is 12.8 Å². The van der Waals surface area contributed by atoms with Gasteiger partial charge in [0.1, 0.15) is 0 Å². The molecule has 2 aliphatic carbocycles. The molecule has 120 valence electrons. The summed E-state index contributed by atoms with van der Waals surface area (Å²) in [7, 11) is 1.63. The molecule has 0 aliphatic heterocycles.